The summed E-state index contributed by atoms with van der Waals surface area (Å²) in [5.41, 5.74) is 3.69. The molecule has 0 heterocycles. The lowest BCUT2D eigenvalue weighted by Gasteiger charge is -2.28. The van der Waals surface area contributed by atoms with Crippen molar-refractivity contribution in [2.45, 2.75) is 51.1 Å². The Balaban J connectivity index is 3.37. The summed E-state index contributed by atoms with van der Waals surface area (Å²) >= 11 is 0. The third-order valence-electron chi connectivity index (χ3n) is 3.96. The summed E-state index contributed by atoms with van der Waals surface area (Å²) in [6, 6.07) is 2.55. The van der Waals surface area contributed by atoms with Crippen molar-refractivity contribution in [2.24, 2.45) is 5.73 Å². The summed E-state index contributed by atoms with van der Waals surface area (Å²) in [4.78, 5) is 23.8. The van der Waals surface area contributed by atoms with Crippen molar-refractivity contribution in [3.05, 3.63) is 35.4 Å². The minimum atomic E-state index is -4.73. The maximum absolute atomic E-state index is 13.2. The number of rotatable bonds is 10. The molecule has 0 aliphatic carbocycles. The van der Waals surface area contributed by atoms with Crippen molar-refractivity contribution in [2.75, 3.05) is 6.54 Å². The zero-order valence-electron chi connectivity index (χ0n) is 15.1. The molecule has 1 atom stereocenters. The number of unbranched alkanes of at least 4 members (excludes halogenated alkanes) is 1. The molecule has 1 aromatic rings. The van der Waals surface area contributed by atoms with Gasteiger partial charge in [-0.3, -0.25) is 9.59 Å². The molecule has 152 valence electrons. The second-order valence-corrected chi connectivity index (χ2v) is 7.92. The summed E-state index contributed by atoms with van der Waals surface area (Å²) in [7, 11) is -4.42. The van der Waals surface area contributed by atoms with Crippen LogP contribution in [0.25, 0.3) is 0 Å². The number of Topliss-reactive ketones (excluding diaryl/α,β-unsaturated/α-hetero) is 1. The average molecular weight is 408 g/mol. The van der Waals surface area contributed by atoms with Gasteiger partial charge < -0.3 is 5.73 Å². The quantitative estimate of drug-likeness (QED) is 0.602. The summed E-state index contributed by atoms with van der Waals surface area (Å²) < 4.78 is 65.8. The maximum atomic E-state index is 13.2. The van der Waals surface area contributed by atoms with E-state index in [1.54, 1.807) is 6.92 Å². The average Bonchev–Trinajstić information content (AvgIpc) is 2.56. The molecule has 0 bridgehead atoms. The number of carbonyl (C=O) groups is 2. The van der Waals surface area contributed by atoms with Gasteiger partial charge in [-0.2, -0.15) is 17.5 Å². The van der Waals surface area contributed by atoms with Crippen LogP contribution >= 0.6 is 0 Å². The molecule has 1 aromatic carbocycles. The first kappa shape index (κ1) is 23.1. The lowest BCUT2D eigenvalue weighted by atomic mass is 10.1. The van der Waals surface area contributed by atoms with Gasteiger partial charge in [-0.1, -0.05) is 38.5 Å². The Bertz CT molecular complexity index is 779. The number of benzene rings is 1. The first-order valence-electron chi connectivity index (χ1n) is 8.42. The van der Waals surface area contributed by atoms with Crippen LogP contribution in [0.1, 0.15) is 44.2 Å². The number of amides is 1. The molecule has 0 spiro atoms. The van der Waals surface area contributed by atoms with Crippen LogP contribution in [0.15, 0.2) is 24.3 Å². The standard InChI is InChI=1S/C17H23F3N2O4S/c1-3-5-10-22(15(16(21)24)14(23)4-2)27(25,26)11-12-8-6-7-9-13(12)17(18,19)20/h6-9,15H,3-5,10-11H2,1-2H3,(H2,21,24). The lowest BCUT2D eigenvalue weighted by Crippen LogP contribution is -2.52. The topological polar surface area (TPSA) is 97.5 Å². The minimum Gasteiger partial charge on any atom is -0.368 e. The molecule has 0 aliphatic rings. The third kappa shape index (κ3) is 6.03. The number of halogens is 3. The normalized spacial score (nSPS) is 13.6. The Labute approximate surface area is 156 Å². The highest BCUT2D eigenvalue weighted by atomic mass is 32.2. The van der Waals surface area contributed by atoms with E-state index in [9.17, 15) is 31.2 Å². The van der Waals surface area contributed by atoms with E-state index < -0.39 is 50.8 Å². The smallest absolute Gasteiger partial charge is 0.368 e. The SMILES string of the molecule is CCCCN(C(C(N)=O)C(=O)CC)S(=O)(=O)Cc1ccccc1C(F)(F)F. The van der Waals surface area contributed by atoms with E-state index in [2.05, 4.69) is 0 Å². The lowest BCUT2D eigenvalue weighted by molar-refractivity contribution is -0.138. The Kier molecular flexibility index (Phi) is 7.97. The van der Waals surface area contributed by atoms with Gasteiger partial charge in [0.2, 0.25) is 15.9 Å². The predicted molar refractivity (Wildman–Crippen MR) is 94.0 cm³/mol. The van der Waals surface area contributed by atoms with Crippen molar-refractivity contribution in [1.82, 2.24) is 4.31 Å². The van der Waals surface area contributed by atoms with Gasteiger partial charge in [0, 0.05) is 13.0 Å². The van der Waals surface area contributed by atoms with E-state index in [0.29, 0.717) is 17.1 Å². The number of hydrogen-bond donors (Lipinski definition) is 1. The predicted octanol–water partition coefficient (Wildman–Crippen LogP) is 2.47. The van der Waals surface area contributed by atoms with Crippen LogP contribution in [0.2, 0.25) is 0 Å². The van der Waals surface area contributed by atoms with E-state index in [1.165, 1.54) is 13.0 Å². The number of hydrogen-bond acceptors (Lipinski definition) is 4. The van der Waals surface area contributed by atoms with E-state index in [4.69, 9.17) is 5.73 Å². The van der Waals surface area contributed by atoms with E-state index in [1.807, 2.05) is 0 Å². The van der Waals surface area contributed by atoms with Crippen LogP contribution in [-0.2, 0) is 31.5 Å². The summed E-state index contributed by atoms with van der Waals surface area (Å²) in [6.45, 7) is 3.03. The first-order valence-corrected chi connectivity index (χ1v) is 10.0. The molecular weight excluding hydrogens is 385 g/mol. The van der Waals surface area contributed by atoms with Gasteiger partial charge >= 0.3 is 6.18 Å². The highest BCUT2D eigenvalue weighted by Crippen LogP contribution is 2.33. The Morgan fingerprint density at radius 3 is 2.26 bits per heavy atom. The molecule has 2 N–H and O–H groups in total. The first-order chi connectivity index (χ1) is 12.5. The highest BCUT2D eigenvalue weighted by Gasteiger charge is 2.39. The molecule has 0 saturated heterocycles. The summed E-state index contributed by atoms with van der Waals surface area (Å²) in [5, 5.41) is 0. The molecular formula is C17H23F3N2O4S. The number of nitrogens with zero attached hydrogens (tertiary/aromatic N) is 1. The van der Waals surface area contributed by atoms with Crippen molar-refractivity contribution in [3.8, 4) is 0 Å². The van der Waals surface area contributed by atoms with Gasteiger partial charge in [0.25, 0.3) is 0 Å². The monoisotopic (exact) mass is 408 g/mol. The van der Waals surface area contributed by atoms with Crippen LogP contribution in [0.3, 0.4) is 0 Å². The molecule has 1 unspecified atom stereocenters. The fraction of sp³-hybridized carbons (Fsp3) is 0.529. The van der Waals surface area contributed by atoms with Crippen molar-refractivity contribution < 1.29 is 31.2 Å². The number of primary amides is 1. The van der Waals surface area contributed by atoms with Gasteiger partial charge in [0.05, 0.1) is 11.3 Å². The highest BCUT2D eigenvalue weighted by molar-refractivity contribution is 7.88. The minimum absolute atomic E-state index is 0.134. The Morgan fingerprint density at radius 2 is 1.78 bits per heavy atom. The van der Waals surface area contributed by atoms with Crippen LogP contribution in [0, 0.1) is 0 Å². The van der Waals surface area contributed by atoms with Crippen molar-refractivity contribution in [3.63, 3.8) is 0 Å². The second-order valence-electron chi connectivity index (χ2n) is 6.00. The van der Waals surface area contributed by atoms with Crippen LogP contribution in [0.5, 0.6) is 0 Å². The number of sulfonamides is 1. The molecule has 0 saturated carbocycles. The molecule has 10 heteroatoms. The van der Waals surface area contributed by atoms with Crippen molar-refractivity contribution >= 4 is 21.7 Å². The van der Waals surface area contributed by atoms with Gasteiger partial charge in [-0.25, -0.2) is 8.42 Å². The largest absolute Gasteiger partial charge is 0.416 e. The molecule has 1 amide bonds. The second kappa shape index (κ2) is 9.32. The summed E-state index contributed by atoms with van der Waals surface area (Å²) in [5.74, 6) is -2.84. The number of alkyl halides is 3. The fourth-order valence-corrected chi connectivity index (χ4v) is 4.36. The van der Waals surface area contributed by atoms with E-state index in [-0.39, 0.29) is 13.0 Å². The molecule has 27 heavy (non-hydrogen) atoms. The van der Waals surface area contributed by atoms with E-state index >= 15 is 0 Å². The van der Waals surface area contributed by atoms with Crippen molar-refractivity contribution in [1.29, 1.82) is 0 Å². The molecule has 1 rings (SSSR count). The maximum Gasteiger partial charge on any atom is 0.416 e. The van der Waals surface area contributed by atoms with Gasteiger partial charge in [0.1, 0.15) is 0 Å². The molecule has 0 aromatic heterocycles. The Morgan fingerprint density at radius 1 is 1.19 bits per heavy atom. The summed E-state index contributed by atoms with van der Waals surface area (Å²) in [6.07, 6.45) is -3.99. The number of nitrogens with two attached hydrogens (primary N) is 1. The van der Waals surface area contributed by atoms with Crippen LogP contribution in [-0.4, -0.2) is 37.0 Å². The molecule has 0 radical (unpaired) electrons. The third-order valence-corrected chi connectivity index (χ3v) is 5.74. The zero-order chi connectivity index (χ0) is 20.8. The molecule has 0 fully saturated rings. The van der Waals surface area contributed by atoms with Gasteiger partial charge in [-0.15, -0.1) is 0 Å². The number of ketones is 1. The van der Waals surface area contributed by atoms with Gasteiger partial charge in [-0.05, 0) is 18.1 Å². The number of carbonyl (C=O) groups excluding carboxylic acids is 2. The van der Waals surface area contributed by atoms with Crippen LogP contribution in [0.4, 0.5) is 13.2 Å². The Hall–Kier alpha value is -1.94. The molecule has 6 nitrogen and oxygen atoms in total. The molecule has 0 aliphatic heterocycles. The van der Waals surface area contributed by atoms with Gasteiger partial charge in [0.15, 0.2) is 11.8 Å². The fourth-order valence-electron chi connectivity index (χ4n) is 2.60. The zero-order valence-corrected chi connectivity index (χ0v) is 15.9. The van der Waals surface area contributed by atoms with Crippen LogP contribution < -0.4 is 5.73 Å². The van der Waals surface area contributed by atoms with E-state index in [0.717, 1.165) is 18.2 Å².